The summed E-state index contributed by atoms with van der Waals surface area (Å²) < 4.78 is 7.16. The van der Waals surface area contributed by atoms with Gasteiger partial charge in [-0.05, 0) is 18.2 Å². The molecule has 0 aliphatic rings. The van der Waals surface area contributed by atoms with E-state index in [0.717, 1.165) is 5.56 Å². The van der Waals surface area contributed by atoms with Crippen LogP contribution in [0.1, 0.15) is 5.56 Å². The van der Waals surface area contributed by atoms with Gasteiger partial charge in [-0.3, -0.25) is 15.1 Å². The quantitative estimate of drug-likeness (QED) is 0.171. The van der Waals surface area contributed by atoms with Crippen LogP contribution in [0, 0.1) is 10.1 Å². The molecule has 0 saturated carbocycles. The van der Waals surface area contributed by atoms with E-state index in [-0.39, 0.29) is 24.7 Å². The number of halogens is 3. The molecule has 3 aromatic rings. The number of rotatable bonds is 7. The maximum atomic E-state index is 12.1. The van der Waals surface area contributed by atoms with E-state index in [1.54, 1.807) is 53.4 Å². The van der Waals surface area contributed by atoms with Crippen molar-refractivity contribution in [3.8, 4) is 5.75 Å². The first-order valence-corrected chi connectivity index (χ1v) is 9.21. The first kappa shape index (κ1) is 23.4. The molecule has 1 aromatic heterocycles. The highest BCUT2D eigenvalue weighted by Crippen LogP contribution is 2.26. The maximum Gasteiger partial charge on any atom is 0.269 e. The molecule has 0 fully saturated rings. The van der Waals surface area contributed by atoms with Gasteiger partial charge in [0.15, 0.2) is 18.9 Å². The normalized spacial score (nSPS) is 10.9. The largest absolute Gasteiger partial charge is 0.859 e. The molecule has 10 heteroatoms. The van der Waals surface area contributed by atoms with Crippen molar-refractivity contribution in [3.63, 3.8) is 0 Å². The number of nitro benzene ring substituents is 1. The standard InChI is InChI=1S/C20H15Cl2N3O4.ClH/c21-18-7-6-17(10-19(18)22)29-13-20(26)23-15-4-2-8-24(12-15)11-14-3-1-5-16(9-14)25(27)28;/h1-10,12H,11,13H2;1H. The minimum atomic E-state index is -0.468. The van der Waals surface area contributed by atoms with E-state index < -0.39 is 10.8 Å². The summed E-state index contributed by atoms with van der Waals surface area (Å²) in [5.74, 6) is -0.0547. The molecule has 0 saturated heterocycles. The first-order chi connectivity index (χ1) is 13.9. The summed E-state index contributed by atoms with van der Waals surface area (Å²) in [5, 5.41) is 23.7. The van der Waals surface area contributed by atoms with Crippen molar-refractivity contribution >= 4 is 52.9 Å². The molecule has 156 valence electrons. The van der Waals surface area contributed by atoms with Crippen molar-refractivity contribution in [3.05, 3.63) is 92.7 Å². The van der Waals surface area contributed by atoms with Gasteiger partial charge in [0.2, 0.25) is 0 Å². The lowest BCUT2D eigenvalue weighted by atomic mass is 10.2. The SMILES string of the molecule is Cl.O=[N+]([O-])c1cccc(C[n+]2cccc(N=C([O-])COc3ccc(Cl)c(Cl)c3)c2)c1. The van der Waals surface area contributed by atoms with Gasteiger partial charge in [0, 0.05) is 35.7 Å². The van der Waals surface area contributed by atoms with Gasteiger partial charge in [-0.1, -0.05) is 35.3 Å². The number of aliphatic imine (C=N–C) groups is 1. The predicted molar refractivity (Wildman–Crippen MR) is 115 cm³/mol. The Morgan fingerprint density at radius 2 is 1.90 bits per heavy atom. The first-order valence-electron chi connectivity index (χ1n) is 8.45. The highest BCUT2D eigenvalue weighted by atomic mass is 35.5. The Labute approximate surface area is 188 Å². The van der Waals surface area contributed by atoms with Crippen LogP contribution in [0.25, 0.3) is 0 Å². The topological polar surface area (TPSA) is 91.7 Å². The Morgan fingerprint density at radius 1 is 1.10 bits per heavy atom. The van der Waals surface area contributed by atoms with E-state index in [9.17, 15) is 15.2 Å². The summed E-state index contributed by atoms with van der Waals surface area (Å²) in [6, 6.07) is 14.5. The van der Waals surface area contributed by atoms with Crippen molar-refractivity contribution < 1.29 is 19.3 Å². The van der Waals surface area contributed by atoms with Crippen LogP contribution in [-0.4, -0.2) is 17.4 Å². The van der Waals surface area contributed by atoms with Gasteiger partial charge in [0.05, 0.1) is 15.0 Å². The summed E-state index contributed by atoms with van der Waals surface area (Å²) in [4.78, 5) is 14.5. The Morgan fingerprint density at radius 3 is 2.63 bits per heavy atom. The molecule has 2 aromatic carbocycles. The van der Waals surface area contributed by atoms with Crippen molar-refractivity contribution in [2.24, 2.45) is 4.99 Å². The summed E-state index contributed by atoms with van der Waals surface area (Å²) in [7, 11) is 0. The molecule has 1 heterocycles. The summed E-state index contributed by atoms with van der Waals surface area (Å²) >= 11 is 11.7. The van der Waals surface area contributed by atoms with Crippen molar-refractivity contribution in [1.82, 2.24) is 0 Å². The highest BCUT2D eigenvalue weighted by Gasteiger charge is 2.09. The third kappa shape index (κ3) is 6.59. The second kappa shape index (κ2) is 10.8. The van der Waals surface area contributed by atoms with Crippen LogP contribution in [0.5, 0.6) is 5.75 Å². The van der Waals surface area contributed by atoms with E-state index >= 15 is 0 Å². The number of hydrogen-bond donors (Lipinski definition) is 0. The molecule has 7 nitrogen and oxygen atoms in total. The number of pyridine rings is 1. The van der Waals surface area contributed by atoms with Crippen LogP contribution in [0.3, 0.4) is 0 Å². The molecule has 30 heavy (non-hydrogen) atoms. The van der Waals surface area contributed by atoms with Gasteiger partial charge in [-0.15, -0.1) is 12.4 Å². The smallest absolute Gasteiger partial charge is 0.269 e. The number of nitrogens with zero attached hydrogens (tertiary/aromatic N) is 3. The molecule has 0 aliphatic heterocycles. The lowest BCUT2D eigenvalue weighted by molar-refractivity contribution is -0.687. The fourth-order valence-corrected chi connectivity index (χ4v) is 2.83. The van der Waals surface area contributed by atoms with Crippen molar-refractivity contribution in [1.29, 1.82) is 0 Å². The summed E-state index contributed by atoms with van der Waals surface area (Å²) in [6.45, 7) is 0.150. The van der Waals surface area contributed by atoms with E-state index in [0.29, 0.717) is 28.0 Å². The van der Waals surface area contributed by atoms with E-state index in [2.05, 4.69) is 4.99 Å². The molecule has 0 radical (unpaired) electrons. The zero-order chi connectivity index (χ0) is 20.8. The number of nitro groups is 1. The van der Waals surface area contributed by atoms with E-state index in [1.165, 1.54) is 18.2 Å². The van der Waals surface area contributed by atoms with Crippen LogP contribution in [0.2, 0.25) is 10.0 Å². The van der Waals surface area contributed by atoms with Crippen LogP contribution >= 0.6 is 35.6 Å². The van der Waals surface area contributed by atoms with Crippen molar-refractivity contribution in [2.75, 3.05) is 6.61 Å². The summed E-state index contributed by atoms with van der Waals surface area (Å²) in [5.41, 5.74) is 1.23. The second-order valence-electron chi connectivity index (χ2n) is 6.03. The number of non-ortho nitro benzene ring substituents is 1. The van der Waals surface area contributed by atoms with Crippen LogP contribution in [-0.2, 0) is 6.54 Å². The lowest BCUT2D eigenvalue weighted by Gasteiger charge is -2.12. The fraction of sp³-hybridized carbons (Fsp3) is 0.100. The third-order valence-corrected chi connectivity index (χ3v) is 4.58. The number of hydrogen-bond acceptors (Lipinski definition) is 5. The molecule has 0 unspecified atom stereocenters. The van der Waals surface area contributed by atoms with Crippen LogP contribution < -0.4 is 14.4 Å². The number of ether oxygens (including phenoxy) is 1. The predicted octanol–water partition coefficient (Wildman–Crippen LogP) is 4.13. The maximum absolute atomic E-state index is 12.1. The van der Waals surface area contributed by atoms with E-state index in [1.807, 2.05) is 0 Å². The zero-order valence-electron chi connectivity index (χ0n) is 15.4. The molecule has 3 rings (SSSR count). The average molecular weight is 469 g/mol. The number of aromatic nitrogens is 1. The molecular formula is C20H16Cl3N3O4. The molecule has 0 spiro atoms. The van der Waals surface area contributed by atoms with Crippen molar-refractivity contribution in [2.45, 2.75) is 6.54 Å². The molecular weight excluding hydrogens is 453 g/mol. The van der Waals surface area contributed by atoms with Gasteiger partial charge in [0.25, 0.3) is 5.69 Å². The minimum Gasteiger partial charge on any atom is -0.859 e. The monoisotopic (exact) mass is 467 g/mol. The van der Waals surface area contributed by atoms with Gasteiger partial charge in [-0.25, -0.2) is 0 Å². The second-order valence-corrected chi connectivity index (χ2v) is 6.85. The molecule has 0 aliphatic carbocycles. The van der Waals surface area contributed by atoms with Gasteiger partial charge in [0.1, 0.15) is 18.0 Å². The van der Waals surface area contributed by atoms with Crippen LogP contribution in [0.4, 0.5) is 11.4 Å². The zero-order valence-corrected chi connectivity index (χ0v) is 17.7. The lowest BCUT2D eigenvalue weighted by Crippen LogP contribution is -2.33. The molecule has 0 bridgehead atoms. The highest BCUT2D eigenvalue weighted by molar-refractivity contribution is 6.42. The average Bonchev–Trinajstić information content (AvgIpc) is 2.69. The number of benzene rings is 2. The Hall–Kier alpha value is -2.87. The van der Waals surface area contributed by atoms with E-state index in [4.69, 9.17) is 27.9 Å². The Balaban J connectivity index is 0.00000320. The van der Waals surface area contributed by atoms with Crippen LogP contribution in [0.15, 0.2) is 72.0 Å². The van der Waals surface area contributed by atoms with Gasteiger partial charge in [-0.2, -0.15) is 4.57 Å². The fourth-order valence-electron chi connectivity index (χ4n) is 2.54. The molecule has 0 atom stereocenters. The Bertz CT molecular complexity index is 1080. The molecule has 0 amide bonds. The Kier molecular flexibility index (Phi) is 8.41. The van der Waals surface area contributed by atoms with Gasteiger partial charge >= 0.3 is 0 Å². The third-order valence-electron chi connectivity index (χ3n) is 3.84. The minimum absolute atomic E-state index is 0. The molecule has 0 N–H and O–H groups in total. The summed E-state index contributed by atoms with van der Waals surface area (Å²) in [6.07, 6.45) is 3.46. The van der Waals surface area contributed by atoms with Gasteiger partial charge < -0.3 is 9.84 Å².